The Morgan fingerprint density at radius 1 is 1.38 bits per heavy atom. The smallest absolute Gasteiger partial charge is 0.244 e. The Labute approximate surface area is 133 Å². The minimum atomic E-state index is -0.332. The van der Waals surface area contributed by atoms with Gasteiger partial charge in [0.1, 0.15) is 5.82 Å². The van der Waals surface area contributed by atoms with Crippen LogP contribution in [0.5, 0.6) is 0 Å². The van der Waals surface area contributed by atoms with Crippen LogP contribution in [-0.2, 0) is 4.79 Å². The van der Waals surface area contributed by atoms with Gasteiger partial charge in [0.25, 0.3) is 0 Å². The van der Waals surface area contributed by atoms with Crippen LogP contribution in [0.15, 0.2) is 28.7 Å². The van der Waals surface area contributed by atoms with Crippen molar-refractivity contribution in [3.05, 3.63) is 40.1 Å². The lowest BCUT2D eigenvalue weighted by atomic mass is 9.78. The molecule has 0 aliphatic heterocycles. The van der Waals surface area contributed by atoms with Crippen LogP contribution in [0.25, 0.3) is 6.08 Å². The maximum absolute atomic E-state index is 13.6. The van der Waals surface area contributed by atoms with E-state index in [2.05, 4.69) is 35.1 Å². The molecule has 1 fully saturated rings. The molecule has 1 N–H and O–H groups in total. The number of amides is 1. The molecule has 0 unspecified atom stereocenters. The third-order valence-electron chi connectivity index (χ3n) is 4.41. The third-order valence-corrected chi connectivity index (χ3v) is 4.90. The molecule has 1 saturated carbocycles. The van der Waals surface area contributed by atoms with E-state index < -0.39 is 0 Å². The van der Waals surface area contributed by atoms with E-state index in [4.69, 9.17) is 0 Å². The molecule has 1 amide bonds. The highest BCUT2D eigenvalue weighted by molar-refractivity contribution is 9.10. The molecule has 0 aromatic heterocycles. The molecule has 3 atom stereocenters. The molecule has 0 radical (unpaired) electrons. The van der Waals surface area contributed by atoms with Crippen LogP contribution in [-0.4, -0.2) is 11.9 Å². The first-order valence-electron chi connectivity index (χ1n) is 7.41. The van der Waals surface area contributed by atoms with E-state index in [-0.39, 0.29) is 17.8 Å². The van der Waals surface area contributed by atoms with E-state index in [0.717, 1.165) is 17.3 Å². The topological polar surface area (TPSA) is 29.1 Å². The Bertz CT molecular complexity index is 544. The summed E-state index contributed by atoms with van der Waals surface area (Å²) in [6, 6.07) is 4.90. The van der Waals surface area contributed by atoms with Crippen LogP contribution in [0, 0.1) is 17.7 Å². The maximum Gasteiger partial charge on any atom is 0.244 e. The molecule has 1 aromatic rings. The number of hydrogen-bond acceptors (Lipinski definition) is 1. The highest BCUT2D eigenvalue weighted by Crippen LogP contribution is 2.29. The van der Waals surface area contributed by atoms with Gasteiger partial charge in [0.05, 0.1) is 0 Å². The van der Waals surface area contributed by atoms with Crippen molar-refractivity contribution in [3.8, 4) is 0 Å². The van der Waals surface area contributed by atoms with E-state index in [1.165, 1.54) is 24.6 Å². The molecule has 0 saturated heterocycles. The van der Waals surface area contributed by atoms with Crippen molar-refractivity contribution in [2.45, 2.75) is 39.2 Å². The van der Waals surface area contributed by atoms with Gasteiger partial charge in [0, 0.05) is 22.2 Å². The number of carbonyl (C=O) groups is 1. The van der Waals surface area contributed by atoms with Crippen LogP contribution in [0.4, 0.5) is 4.39 Å². The second-order valence-electron chi connectivity index (χ2n) is 5.88. The predicted octanol–water partition coefficient (Wildman–Crippen LogP) is 4.54. The molecular formula is C17H21BrFNO. The first kappa shape index (κ1) is 16.2. The van der Waals surface area contributed by atoms with Crippen molar-refractivity contribution in [1.82, 2.24) is 5.32 Å². The summed E-state index contributed by atoms with van der Waals surface area (Å²) in [6.07, 6.45) is 6.34. The molecule has 1 aliphatic carbocycles. The van der Waals surface area contributed by atoms with E-state index in [1.54, 1.807) is 12.1 Å². The SMILES string of the molecule is C[C@H]1[C@@H](NC(=O)/C=C/c2cc(Br)ccc2F)CCC[C@@H]1C. The maximum atomic E-state index is 13.6. The number of rotatable bonds is 3. The first-order chi connectivity index (χ1) is 9.97. The second-order valence-corrected chi connectivity index (χ2v) is 6.80. The summed E-state index contributed by atoms with van der Waals surface area (Å²) in [4.78, 5) is 12.0. The van der Waals surface area contributed by atoms with Gasteiger partial charge in [-0.2, -0.15) is 0 Å². The number of halogens is 2. The van der Waals surface area contributed by atoms with E-state index in [1.807, 2.05) is 0 Å². The average Bonchev–Trinajstić information content (AvgIpc) is 2.45. The molecule has 2 rings (SSSR count). The molecule has 114 valence electrons. The highest BCUT2D eigenvalue weighted by Gasteiger charge is 2.27. The van der Waals surface area contributed by atoms with Crippen molar-refractivity contribution in [2.75, 3.05) is 0 Å². The zero-order chi connectivity index (χ0) is 15.4. The summed E-state index contributed by atoms with van der Waals surface area (Å²) < 4.78 is 14.4. The minimum absolute atomic E-state index is 0.152. The van der Waals surface area contributed by atoms with Crippen molar-refractivity contribution in [2.24, 2.45) is 11.8 Å². The fourth-order valence-electron chi connectivity index (χ4n) is 2.82. The quantitative estimate of drug-likeness (QED) is 0.794. The van der Waals surface area contributed by atoms with Gasteiger partial charge in [0.15, 0.2) is 0 Å². The highest BCUT2D eigenvalue weighted by atomic mass is 79.9. The summed E-state index contributed by atoms with van der Waals surface area (Å²) >= 11 is 3.30. The summed E-state index contributed by atoms with van der Waals surface area (Å²) in [7, 11) is 0. The molecule has 4 heteroatoms. The van der Waals surface area contributed by atoms with Gasteiger partial charge in [-0.15, -0.1) is 0 Å². The van der Waals surface area contributed by atoms with Crippen molar-refractivity contribution in [1.29, 1.82) is 0 Å². The number of carbonyl (C=O) groups excluding carboxylic acids is 1. The zero-order valence-electron chi connectivity index (χ0n) is 12.4. The van der Waals surface area contributed by atoms with Gasteiger partial charge in [-0.05, 0) is 42.5 Å². The number of nitrogens with one attached hydrogen (secondary N) is 1. The van der Waals surface area contributed by atoms with Crippen LogP contribution >= 0.6 is 15.9 Å². The van der Waals surface area contributed by atoms with Gasteiger partial charge in [0.2, 0.25) is 5.91 Å². The zero-order valence-corrected chi connectivity index (χ0v) is 14.0. The molecule has 0 bridgehead atoms. The van der Waals surface area contributed by atoms with Gasteiger partial charge < -0.3 is 5.32 Å². The predicted molar refractivity (Wildman–Crippen MR) is 87.2 cm³/mol. The van der Waals surface area contributed by atoms with E-state index in [0.29, 0.717) is 17.4 Å². The van der Waals surface area contributed by atoms with Gasteiger partial charge in [-0.3, -0.25) is 4.79 Å². The second kappa shape index (κ2) is 7.21. The number of benzene rings is 1. The van der Waals surface area contributed by atoms with Gasteiger partial charge in [-0.1, -0.05) is 42.6 Å². The van der Waals surface area contributed by atoms with Crippen molar-refractivity contribution < 1.29 is 9.18 Å². The fraction of sp³-hybridized carbons (Fsp3) is 0.471. The lowest BCUT2D eigenvalue weighted by Gasteiger charge is -2.34. The average molecular weight is 354 g/mol. The Hall–Kier alpha value is -1.16. The van der Waals surface area contributed by atoms with Crippen LogP contribution in [0.3, 0.4) is 0 Å². The number of hydrogen-bond donors (Lipinski definition) is 1. The monoisotopic (exact) mass is 353 g/mol. The molecule has 0 heterocycles. The van der Waals surface area contributed by atoms with Gasteiger partial charge >= 0.3 is 0 Å². The summed E-state index contributed by atoms with van der Waals surface area (Å²) in [5, 5.41) is 3.04. The lowest BCUT2D eigenvalue weighted by molar-refractivity contribution is -0.117. The minimum Gasteiger partial charge on any atom is -0.350 e. The summed E-state index contributed by atoms with van der Waals surface area (Å²) in [5.74, 6) is 0.636. The van der Waals surface area contributed by atoms with E-state index >= 15 is 0 Å². The Morgan fingerprint density at radius 2 is 2.14 bits per heavy atom. The molecule has 0 spiro atoms. The van der Waals surface area contributed by atoms with Crippen LogP contribution in [0.2, 0.25) is 0 Å². The first-order valence-corrected chi connectivity index (χ1v) is 8.20. The van der Waals surface area contributed by atoms with Crippen molar-refractivity contribution in [3.63, 3.8) is 0 Å². The fourth-order valence-corrected chi connectivity index (χ4v) is 3.20. The Balaban J connectivity index is 1.98. The third kappa shape index (κ3) is 4.40. The molecule has 1 aliphatic rings. The standard InChI is InChI=1S/C17H21BrFNO/c1-11-4-3-5-16(12(11)2)20-17(21)9-6-13-10-14(18)7-8-15(13)19/h6-12,16H,3-5H2,1-2H3,(H,20,21)/b9-6+/t11-,12+,16-/m0/s1. The normalized spacial score (nSPS) is 26.0. The molecular weight excluding hydrogens is 333 g/mol. The molecule has 1 aromatic carbocycles. The summed E-state index contributed by atoms with van der Waals surface area (Å²) in [5.41, 5.74) is 0.407. The Morgan fingerprint density at radius 3 is 2.90 bits per heavy atom. The summed E-state index contributed by atoms with van der Waals surface area (Å²) in [6.45, 7) is 4.42. The van der Waals surface area contributed by atoms with Crippen LogP contribution in [0.1, 0.15) is 38.7 Å². The molecule has 2 nitrogen and oxygen atoms in total. The van der Waals surface area contributed by atoms with Crippen LogP contribution < -0.4 is 5.32 Å². The van der Waals surface area contributed by atoms with Crippen molar-refractivity contribution >= 4 is 27.9 Å². The lowest BCUT2D eigenvalue weighted by Crippen LogP contribution is -2.43. The molecule has 21 heavy (non-hydrogen) atoms. The van der Waals surface area contributed by atoms with E-state index in [9.17, 15) is 9.18 Å². The Kier molecular flexibility index (Phi) is 5.57. The largest absolute Gasteiger partial charge is 0.350 e. The van der Waals surface area contributed by atoms with Gasteiger partial charge in [-0.25, -0.2) is 4.39 Å².